The summed E-state index contributed by atoms with van der Waals surface area (Å²) in [5.74, 6) is -1.61. The molecule has 1 aromatic rings. The van der Waals surface area contributed by atoms with E-state index >= 15 is 0 Å². The molecule has 0 aliphatic heterocycles. The van der Waals surface area contributed by atoms with E-state index in [2.05, 4.69) is 5.32 Å². The highest BCUT2D eigenvalue weighted by atomic mass is 19.1. The molecule has 0 aromatic heterocycles. The zero-order valence-corrected chi connectivity index (χ0v) is 10.4. The number of nitro groups is 1. The summed E-state index contributed by atoms with van der Waals surface area (Å²) in [5.41, 5.74) is -1.81. The predicted octanol–water partition coefficient (Wildman–Crippen LogP) is 2.16. The van der Waals surface area contributed by atoms with Gasteiger partial charge < -0.3 is 5.32 Å². The van der Waals surface area contributed by atoms with E-state index in [0.29, 0.717) is 6.42 Å². The van der Waals surface area contributed by atoms with Gasteiger partial charge in [-0.25, -0.2) is 4.39 Å². The lowest BCUT2D eigenvalue weighted by molar-refractivity contribution is -0.385. The van der Waals surface area contributed by atoms with Gasteiger partial charge in [0.25, 0.3) is 11.6 Å². The normalized spacial score (nSPS) is 13.2. The highest BCUT2D eigenvalue weighted by molar-refractivity contribution is 5.95. The van der Waals surface area contributed by atoms with Crippen LogP contribution in [0.15, 0.2) is 18.2 Å². The van der Waals surface area contributed by atoms with Crippen molar-refractivity contribution >= 4 is 11.6 Å². The summed E-state index contributed by atoms with van der Waals surface area (Å²) in [6.07, 6.45) is 0.354. The Bertz CT molecular complexity index is 568. The number of nitrogens with one attached hydrogen (secondary N) is 1. The molecule has 1 N–H and O–H groups in total. The van der Waals surface area contributed by atoms with Gasteiger partial charge in [0, 0.05) is 11.6 Å². The maximum atomic E-state index is 13.2. The summed E-state index contributed by atoms with van der Waals surface area (Å²) >= 11 is 0. The molecular weight excluding hydrogens is 253 g/mol. The lowest BCUT2D eigenvalue weighted by Crippen LogP contribution is -2.44. The summed E-state index contributed by atoms with van der Waals surface area (Å²) in [6.45, 7) is 3.22. The molecule has 1 amide bonds. The third-order valence-corrected chi connectivity index (χ3v) is 2.70. The van der Waals surface area contributed by atoms with Crippen molar-refractivity contribution in [2.45, 2.75) is 25.8 Å². The molecule has 0 fully saturated rings. The van der Waals surface area contributed by atoms with Crippen LogP contribution >= 0.6 is 0 Å². The van der Waals surface area contributed by atoms with Crippen LogP contribution < -0.4 is 5.32 Å². The number of amides is 1. The fraction of sp³-hybridized carbons (Fsp3) is 0.333. The number of nitro benzene ring substituents is 1. The second kappa shape index (κ2) is 5.44. The van der Waals surface area contributed by atoms with E-state index in [1.54, 1.807) is 6.92 Å². The van der Waals surface area contributed by atoms with E-state index in [1.165, 1.54) is 6.92 Å². The lowest BCUT2D eigenvalue weighted by atomic mass is 10.0. The van der Waals surface area contributed by atoms with Crippen LogP contribution in [0.2, 0.25) is 0 Å². The Kier molecular flexibility index (Phi) is 4.17. The average molecular weight is 265 g/mol. The monoisotopic (exact) mass is 265 g/mol. The molecule has 1 rings (SSSR count). The molecule has 0 aliphatic rings. The van der Waals surface area contributed by atoms with Crippen molar-refractivity contribution in [3.05, 3.63) is 39.7 Å². The molecular formula is C12H12FN3O3. The number of benzene rings is 1. The van der Waals surface area contributed by atoms with Crippen LogP contribution in [-0.2, 0) is 0 Å². The van der Waals surface area contributed by atoms with Gasteiger partial charge in [0.15, 0.2) is 0 Å². The first-order valence-corrected chi connectivity index (χ1v) is 5.50. The van der Waals surface area contributed by atoms with E-state index in [4.69, 9.17) is 5.26 Å². The van der Waals surface area contributed by atoms with E-state index in [-0.39, 0.29) is 5.56 Å². The number of nitrogens with zero attached hydrogens (tertiary/aromatic N) is 2. The minimum atomic E-state index is -1.10. The maximum Gasteiger partial charge on any atom is 0.273 e. The van der Waals surface area contributed by atoms with E-state index < -0.39 is 27.9 Å². The Hall–Kier alpha value is -2.49. The van der Waals surface area contributed by atoms with Gasteiger partial charge in [-0.3, -0.25) is 14.9 Å². The Balaban J connectivity index is 3.08. The van der Waals surface area contributed by atoms with Gasteiger partial charge in [-0.05, 0) is 19.4 Å². The number of rotatable bonds is 4. The number of carbonyl (C=O) groups excluding carboxylic acids is 1. The van der Waals surface area contributed by atoms with E-state index in [1.807, 2.05) is 6.07 Å². The smallest absolute Gasteiger partial charge is 0.273 e. The van der Waals surface area contributed by atoms with Crippen molar-refractivity contribution in [2.24, 2.45) is 0 Å². The van der Waals surface area contributed by atoms with Crippen molar-refractivity contribution in [3.63, 3.8) is 0 Å². The van der Waals surface area contributed by atoms with Gasteiger partial charge in [-0.15, -0.1) is 0 Å². The van der Waals surface area contributed by atoms with Gasteiger partial charge in [0.2, 0.25) is 0 Å². The Morgan fingerprint density at radius 1 is 1.58 bits per heavy atom. The number of non-ortho nitro benzene ring substituents is 1. The minimum Gasteiger partial charge on any atom is -0.334 e. The van der Waals surface area contributed by atoms with Crippen LogP contribution in [0.5, 0.6) is 0 Å². The molecule has 0 spiro atoms. The van der Waals surface area contributed by atoms with Crippen molar-refractivity contribution in [3.8, 4) is 6.07 Å². The molecule has 0 saturated heterocycles. The first-order valence-electron chi connectivity index (χ1n) is 5.50. The molecule has 1 aromatic carbocycles. The Labute approximate surface area is 109 Å². The van der Waals surface area contributed by atoms with Crippen molar-refractivity contribution < 1.29 is 14.1 Å². The molecule has 7 heteroatoms. The molecule has 1 unspecified atom stereocenters. The van der Waals surface area contributed by atoms with E-state index in [9.17, 15) is 19.3 Å². The quantitative estimate of drug-likeness (QED) is 0.666. The molecule has 6 nitrogen and oxygen atoms in total. The van der Waals surface area contributed by atoms with Crippen LogP contribution in [0.4, 0.5) is 10.1 Å². The van der Waals surface area contributed by atoms with Crippen LogP contribution in [0.25, 0.3) is 0 Å². The summed E-state index contributed by atoms with van der Waals surface area (Å²) in [4.78, 5) is 21.6. The van der Waals surface area contributed by atoms with Gasteiger partial charge >= 0.3 is 0 Å². The number of halogens is 1. The third-order valence-electron chi connectivity index (χ3n) is 2.70. The molecule has 0 bridgehead atoms. The van der Waals surface area contributed by atoms with Gasteiger partial charge in [0.05, 0.1) is 17.1 Å². The van der Waals surface area contributed by atoms with Gasteiger partial charge in [-0.2, -0.15) is 5.26 Å². The largest absolute Gasteiger partial charge is 0.334 e. The van der Waals surface area contributed by atoms with Crippen LogP contribution in [0.1, 0.15) is 30.6 Å². The molecule has 0 saturated carbocycles. The number of hydrogen-bond donors (Lipinski definition) is 1. The molecule has 1 atom stereocenters. The minimum absolute atomic E-state index is 0.193. The van der Waals surface area contributed by atoms with Crippen molar-refractivity contribution in [1.82, 2.24) is 5.32 Å². The van der Waals surface area contributed by atoms with Crippen molar-refractivity contribution in [1.29, 1.82) is 5.26 Å². The molecule has 0 heterocycles. The molecule has 100 valence electrons. The highest BCUT2D eigenvalue weighted by Crippen LogP contribution is 2.17. The van der Waals surface area contributed by atoms with Crippen LogP contribution in [-0.4, -0.2) is 16.4 Å². The lowest BCUT2D eigenvalue weighted by Gasteiger charge is -2.21. The zero-order valence-electron chi connectivity index (χ0n) is 10.4. The van der Waals surface area contributed by atoms with Gasteiger partial charge in [-0.1, -0.05) is 6.92 Å². The first-order chi connectivity index (χ1) is 8.81. The fourth-order valence-corrected chi connectivity index (χ4v) is 1.33. The molecule has 0 radical (unpaired) electrons. The predicted molar refractivity (Wildman–Crippen MR) is 64.8 cm³/mol. The van der Waals surface area contributed by atoms with Crippen LogP contribution in [0.3, 0.4) is 0 Å². The number of hydrogen-bond acceptors (Lipinski definition) is 4. The average Bonchev–Trinajstić information content (AvgIpc) is 2.37. The third kappa shape index (κ3) is 3.48. The van der Waals surface area contributed by atoms with Gasteiger partial charge in [0.1, 0.15) is 11.4 Å². The summed E-state index contributed by atoms with van der Waals surface area (Å²) in [5, 5.41) is 21.9. The van der Waals surface area contributed by atoms with E-state index in [0.717, 1.165) is 18.2 Å². The highest BCUT2D eigenvalue weighted by Gasteiger charge is 2.25. The Morgan fingerprint density at radius 3 is 2.68 bits per heavy atom. The topological polar surface area (TPSA) is 96.0 Å². The molecule has 0 aliphatic carbocycles. The number of carbonyl (C=O) groups is 1. The second-order valence-electron chi connectivity index (χ2n) is 4.21. The second-order valence-corrected chi connectivity index (χ2v) is 4.21. The van der Waals surface area contributed by atoms with Crippen LogP contribution in [0, 0.1) is 27.3 Å². The summed E-state index contributed by atoms with van der Waals surface area (Å²) < 4.78 is 13.2. The Morgan fingerprint density at radius 2 is 2.21 bits per heavy atom. The standard InChI is InChI=1S/C12H12FN3O3/c1-3-12(2,7-14)15-11(17)8-4-9(13)6-10(5-8)16(18)19/h4-6H,3H2,1-2H3,(H,15,17). The summed E-state index contributed by atoms with van der Waals surface area (Å²) in [7, 11) is 0. The van der Waals surface area contributed by atoms with Crippen molar-refractivity contribution in [2.75, 3.05) is 0 Å². The fourth-order valence-electron chi connectivity index (χ4n) is 1.33. The SMILES string of the molecule is CCC(C)(C#N)NC(=O)c1cc(F)cc([N+](=O)[O-])c1. The summed E-state index contributed by atoms with van der Waals surface area (Å²) in [6, 6.07) is 4.49. The maximum absolute atomic E-state index is 13.2. The zero-order chi connectivity index (χ0) is 14.6. The first kappa shape index (κ1) is 14.6. The number of nitriles is 1. The molecule has 19 heavy (non-hydrogen) atoms.